The topological polar surface area (TPSA) is 89.8 Å². The normalized spacial score (nSPS) is 18.9. The molecule has 0 unspecified atom stereocenters. The maximum absolute atomic E-state index is 15.6. The number of nitrogens with zero attached hydrogens (tertiary/aromatic N) is 4. The minimum Gasteiger partial charge on any atom is -0.323 e. The first-order valence-electron chi connectivity index (χ1n) is 13.0. The maximum atomic E-state index is 15.6. The molecule has 40 heavy (non-hydrogen) atoms. The number of halogens is 3. The largest absolute Gasteiger partial charge is 0.323 e. The summed E-state index contributed by atoms with van der Waals surface area (Å²) >= 11 is 12.8. The van der Waals surface area contributed by atoms with E-state index >= 15 is 4.39 Å². The molecule has 0 radical (unpaired) electrons. The Bertz CT molecular complexity index is 1750. The van der Waals surface area contributed by atoms with Gasteiger partial charge in [0.15, 0.2) is 5.82 Å². The molecule has 1 amide bonds. The van der Waals surface area contributed by atoms with Gasteiger partial charge in [0.05, 0.1) is 34.0 Å². The van der Waals surface area contributed by atoms with Gasteiger partial charge in [-0.15, -0.1) is 0 Å². The minimum atomic E-state index is -0.580. The molecule has 2 saturated carbocycles. The summed E-state index contributed by atoms with van der Waals surface area (Å²) in [7, 11) is 0. The maximum Gasteiger partial charge on any atom is 0.274 e. The molecule has 0 spiro atoms. The molecule has 1 N–H and O–H groups in total. The number of anilines is 1. The molecule has 0 bridgehead atoms. The zero-order valence-corrected chi connectivity index (χ0v) is 23.6. The van der Waals surface area contributed by atoms with E-state index in [1.807, 2.05) is 26.8 Å². The number of hydrogen-bond donors (Lipinski definition) is 1. The van der Waals surface area contributed by atoms with E-state index in [0.717, 1.165) is 36.1 Å². The lowest BCUT2D eigenvalue weighted by Crippen LogP contribution is -2.23. The number of carbonyl (C=O) groups excluding carboxylic acids is 1. The van der Waals surface area contributed by atoms with Crippen molar-refractivity contribution in [3.63, 3.8) is 0 Å². The van der Waals surface area contributed by atoms with Crippen molar-refractivity contribution in [3.05, 3.63) is 97.5 Å². The van der Waals surface area contributed by atoms with E-state index in [9.17, 15) is 9.59 Å². The molecule has 10 heteroatoms. The molecule has 3 heterocycles. The van der Waals surface area contributed by atoms with E-state index in [1.54, 1.807) is 30.5 Å². The second kappa shape index (κ2) is 9.78. The van der Waals surface area contributed by atoms with Crippen LogP contribution < -0.4 is 10.9 Å². The van der Waals surface area contributed by atoms with Crippen LogP contribution in [0.4, 0.5) is 10.1 Å². The van der Waals surface area contributed by atoms with Crippen molar-refractivity contribution in [2.24, 2.45) is 5.41 Å². The van der Waals surface area contributed by atoms with Crippen LogP contribution in [0, 0.1) is 25.1 Å². The van der Waals surface area contributed by atoms with Gasteiger partial charge in [-0.25, -0.2) is 4.39 Å². The Morgan fingerprint density at radius 3 is 2.62 bits per heavy atom. The van der Waals surface area contributed by atoms with Crippen molar-refractivity contribution < 1.29 is 9.18 Å². The van der Waals surface area contributed by atoms with Gasteiger partial charge in [-0.3, -0.25) is 19.1 Å². The van der Waals surface area contributed by atoms with E-state index < -0.39 is 11.2 Å². The van der Waals surface area contributed by atoms with Crippen molar-refractivity contribution in [2.75, 3.05) is 5.32 Å². The van der Waals surface area contributed by atoms with E-state index in [0.29, 0.717) is 22.1 Å². The van der Waals surface area contributed by atoms with Gasteiger partial charge >= 0.3 is 0 Å². The number of aryl methyl sites for hydroxylation is 2. The van der Waals surface area contributed by atoms with Crippen molar-refractivity contribution in [1.82, 2.24) is 19.7 Å². The Labute approximate surface area is 240 Å². The van der Waals surface area contributed by atoms with E-state index in [-0.39, 0.29) is 39.6 Å². The van der Waals surface area contributed by atoms with Crippen LogP contribution in [0.25, 0.3) is 16.9 Å². The number of rotatable bonds is 6. The Hall–Kier alpha value is -3.62. The summed E-state index contributed by atoms with van der Waals surface area (Å²) < 4.78 is 17.1. The van der Waals surface area contributed by atoms with Gasteiger partial charge in [0.2, 0.25) is 5.91 Å². The summed E-state index contributed by atoms with van der Waals surface area (Å²) in [6.07, 6.45) is 5.45. The molecule has 2 atom stereocenters. The fourth-order valence-electron chi connectivity index (χ4n) is 5.12. The van der Waals surface area contributed by atoms with Crippen molar-refractivity contribution >= 4 is 34.8 Å². The summed E-state index contributed by atoms with van der Waals surface area (Å²) in [5.74, 6) is -0.645. The SMILES string of the molecule is Cc1cnc(-c2cccc(NC(=O)C3(C)CC3)c2F)cc1-n1c(C)cc([C@H]2C[C@@H]2c2cc(Cl)cnn2)c(Cl)c1=O. The highest BCUT2D eigenvalue weighted by molar-refractivity contribution is 6.31. The Morgan fingerprint density at radius 2 is 1.90 bits per heavy atom. The second-order valence-electron chi connectivity index (χ2n) is 11.0. The van der Waals surface area contributed by atoms with Crippen LogP contribution >= 0.6 is 23.2 Å². The number of amides is 1. The lowest BCUT2D eigenvalue weighted by molar-refractivity contribution is -0.120. The molecular weight excluding hydrogens is 552 g/mol. The van der Waals surface area contributed by atoms with Crippen LogP contribution in [-0.2, 0) is 4.79 Å². The average Bonchev–Trinajstić information content (AvgIpc) is 3.85. The van der Waals surface area contributed by atoms with Crippen molar-refractivity contribution in [1.29, 1.82) is 0 Å². The monoisotopic (exact) mass is 577 g/mol. The van der Waals surface area contributed by atoms with Crippen LogP contribution in [0.15, 0.2) is 53.6 Å². The van der Waals surface area contributed by atoms with Crippen LogP contribution in [0.1, 0.15) is 60.5 Å². The van der Waals surface area contributed by atoms with Crippen molar-refractivity contribution in [2.45, 2.75) is 51.9 Å². The number of nitrogens with one attached hydrogen (secondary N) is 1. The molecule has 4 aromatic rings. The highest BCUT2D eigenvalue weighted by Crippen LogP contribution is 2.55. The fraction of sp³-hybridized carbons (Fsp3) is 0.300. The number of benzene rings is 1. The number of aromatic nitrogens is 4. The van der Waals surface area contributed by atoms with E-state index in [2.05, 4.69) is 20.5 Å². The lowest BCUT2D eigenvalue weighted by atomic mass is 10.0. The van der Waals surface area contributed by atoms with Gasteiger partial charge in [0.1, 0.15) is 5.02 Å². The summed E-state index contributed by atoms with van der Waals surface area (Å²) in [6, 6.07) is 10.2. The number of carbonyl (C=O) groups is 1. The van der Waals surface area contributed by atoms with Gasteiger partial charge < -0.3 is 5.32 Å². The van der Waals surface area contributed by atoms with Crippen molar-refractivity contribution in [3.8, 4) is 16.9 Å². The zero-order chi connectivity index (χ0) is 28.3. The molecule has 2 aliphatic carbocycles. The third kappa shape index (κ3) is 4.69. The first-order valence-corrected chi connectivity index (χ1v) is 13.8. The standard InChI is InChI=1S/C30H26Cl2FN5O2/c1-15-13-34-23(18-5-4-6-22(27(18)33)36-29(40)30(3)7-8-30)12-25(15)38-16(2)9-21(26(32)28(38)39)19-11-20(19)24-10-17(31)14-35-37-24/h4-6,9-10,12-14,19-20H,7-8,11H2,1-3H3,(H,36,40)/t19-,20-/m0/s1. The van der Waals surface area contributed by atoms with Gasteiger partial charge in [0, 0.05) is 28.8 Å². The molecule has 3 aromatic heterocycles. The fourth-order valence-corrected chi connectivity index (χ4v) is 5.56. The summed E-state index contributed by atoms with van der Waals surface area (Å²) in [5.41, 5.74) is 3.35. The van der Waals surface area contributed by atoms with Crippen LogP contribution in [0.2, 0.25) is 10.0 Å². The van der Waals surface area contributed by atoms with E-state index in [1.165, 1.54) is 16.8 Å². The minimum absolute atomic E-state index is 0.0420. The number of hydrogen-bond acceptors (Lipinski definition) is 5. The van der Waals surface area contributed by atoms with Gasteiger partial charge in [0.25, 0.3) is 5.56 Å². The molecule has 2 fully saturated rings. The average molecular weight is 578 g/mol. The Balaban J connectivity index is 1.35. The highest BCUT2D eigenvalue weighted by Gasteiger charge is 2.45. The third-order valence-corrected chi connectivity index (χ3v) is 8.54. The molecule has 0 aliphatic heterocycles. The Kier molecular flexibility index (Phi) is 6.50. The second-order valence-corrected chi connectivity index (χ2v) is 11.8. The zero-order valence-electron chi connectivity index (χ0n) is 22.1. The third-order valence-electron chi connectivity index (χ3n) is 7.96. The number of pyridine rings is 2. The first kappa shape index (κ1) is 26.6. The van der Waals surface area contributed by atoms with Crippen LogP contribution in [-0.4, -0.2) is 25.7 Å². The van der Waals surface area contributed by atoms with Gasteiger partial charge in [-0.05, 0) is 80.5 Å². The first-order chi connectivity index (χ1) is 19.1. The van der Waals surface area contributed by atoms with Gasteiger partial charge in [-0.2, -0.15) is 10.2 Å². The lowest BCUT2D eigenvalue weighted by Gasteiger charge is -2.17. The highest BCUT2D eigenvalue weighted by atomic mass is 35.5. The molecular formula is C30H26Cl2FN5O2. The quantitative estimate of drug-likeness (QED) is 0.273. The Morgan fingerprint density at radius 1 is 1.12 bits per heavy atom. The van der Waals surface area contributed by atoms with Gasteiger partial charge in [-0.1, -0.05) is 36.2 Å². The summed E-state index contributed by atoms with van der Waals surface area (Å²) in [4.78, 5) is 30.6. The van der Waals surface area contributed by atoms with Crippen LogP contribution in [0.3, 0.4) is 0 Å². The smallest absolute Gasteiger partial charge is 0.274 e. The summed E-state index contributed by atoms with van der Waals surface area (Å²) in [5, 5.41) is 11.5. The molecule has 7 nitrogen and oxygen atoms in total. The summed E-state index contributed by atoms with van der Waals surface area (Å²) in [6.45, 7) is 5.54. The molecule has 0 saturated heterocycles. The molecule has 2 aliphatic rings. The predicted molar refractivity (Wildman–Crippen MR) is 153 cm³/mol. The predicted octanol–water partition coefficient (Wildman–Crippen LogP) is 6.76. The molecule has 1 aromatic carbocycles. The molecule has 6 rings (SSSR count). The van der Waals surface area contributed by atoms with E-state index in [4.69, 9.17) is 23.2 Å². The molecule has 204 valence electrons. The van der Waals surface area contributed by atoms with Crippen LogP contribution in [0.5, 0.6) is 0 Å².